The quantitative estimate of drug-likeness (QED) is 0.404. The lowest BCUT2D eigenvalue weighted by Crippen LogP contribution is -2.39. The molecule has 2 aliphatic rings. The van der Waals surface area contributed by atoms with Gasteiger partial charge in [-0.2, -0.15) is 0 Å². The lowest BCUT2D eigenvalue weighted by atomic mass is 9.98. The zero-order valence-corrected chi connectivity index (χ0v) is 18.1. The van der Waals surface area contributed by atoms with Gasteiger partial charge in [0.1, 0.15) is 0 Å². The molecule has 1 aromatic carbocycles. The fourth-order valence-corrected chi connectivity index (χ4v) is 3.42. The molecule has 2 fully saturated rings. The molecule has 5 heteroatoms. The maximum Gasteiger partial charge on any atom is 0.191 e. The Bertz CT molecular complexity index is 567. The third-order valence-corrected chi connectivity index (χ3v) is 5.49. The molecule has 1 saturated heterocycles. The van der Waals surface area contributed by atoms with Crippen molar-refractivity contribution in [2.75, 3.05) is 20.1 Å². The zero-order valence-electron chi connectivity index (χ0n) is 15.8. The van der Waals surface area contributed by atoms with E-state index in [1.54, 1.807) is 0 Å². The van der Waals surface area contributed by atoms with Crippen molar-refractivity contribution >= 4 is 29.9 Å². The molecule has 3 rings (SSSR count). The number of likely N-dealkylation sites (tertiary alicyclic amines) is 1. The number of benzene rings is 1. The predicted molar refractivity (Wildman–Crippen MR) is 116 cm³/mol. The molecule has 4 nitrogen and oxygen atoms in total. The third kappa shape index (κ3) is 6.13. The van der Waals surface area contributed by atoms with Crippen molar-refractivity contribution in [3.63, 3.8) is 0 Å². The maximum absolute atomic E-state index is 4.36. The summed E-state index contributed by atoms with van der Waals surface area (Å²) >= 11 is 0. The van der Waals surface area contributed by atoms with Crippen LogP contribution in [0.5, 0.6) is 0 Å². The number of rotatable bonds is 5. The summed E-state index contributed by atoms with van der Waals surface area (Å²) in [6.45, 7) is 9.00. The molecule has 25 heavy (non-hydrogen) atoms. The van der Waals surface area contributed by atoms with Crippen molar-refractivity contribution in [2.24, 2.45) is 16.8 Å². The van der Waals surface area contributed by atoms with Crippen LogP contribution in [0, 0.1) is 11.8 Å². The molecular weight excluding hydrogens is 423 g/mol. The van der Waals surface area contributed by atoms with E-state index in [0.717, 1.165) is 30.9 Å². The number of aliphatic imine (C=N–C) groups is 1. The number of hydrogen-bond donors (Lipinski definition) is 2. The lowest BCUT2D eigenvalue weighted by molar-refractivity contribution is 0.185. The fourth-order valence-electron chi connectivity index (χ4n) is 3.42. The molecule has 140 valence electrons. The minimum atomic E-state index is 0. The van der Waals surface area contributed by atoms with Gasteiger partial charge in [0.05, 0.1) is 0 Å². The van der Waals surface area contributed by atoms with Gasteiger partial charge in [-0.15, -0.1) is 24.0 Å². The van der Waals surface area contributed by atoms with Crippen molar-refractivity contribution in [2.45, 2.75) is 52.2 Å². The van der Waals surface area contributed by atoms with Crippen molar-refractivity contribution in [3.05, 3.63) is 35.4 Å². The Labute approximate surface area is 169 Å². The fraction of sp³-hybridized carbons (Fsp3) is 0.650. The summed E-state index contributed by atoms with van der Waals surface area (Å²) in [6.07, 6.45) is 3.91. The molecule has 0 spiro atoms. The molecule has 2 atom stereocenters. The highest BCUT2D eigenvalue weighted by Crippen LogP contribution is 2.28. The minimum Gasteiger partial charge on any atom is -0.353 e. The van der Waals surface area contributed by atoms with E-state index in [9.17, 15) is 0 Å². The van der Waals surface area contributed by atoms with Gasteiger partial charge in [-0.3, -0.25) is 9.89 Å². The Kier molecular flexibility index (Phi) is 8.00. The van der Waals surface area contributed by atoms with Crippen LogP contribution in [0.15, 0.2) is 29.3 Å². The Morgan fingerprint density at radius 2 is 1.80 bits per heavy atom. The SMILES string of the molecule is CN=C(NCc1ccccc1CN1CCC(C)CC1)NC1CC1C.I. The van der Waals surface area contributed by atoms with Gasteiger partial charge in [-0.25, -0.2) is 0 Å². The summed E-state index contributed by atoms with van der Waals surface area (Å²) < 4.78 is 0. The molecule has 0 radical (unpaired) electrons. The molecule has 2 N–H and O–H groups in total. The van der Waals surface area contributed by atoms with E-state index < -0.39 is 0 Å². The summed E-state index contributed by atoms with van der Waals surface area (Å²) in [5.74, 6) is 2.58. The molecule has 1 heterocycles. The number of guanidine groups is 1. The van der Waals surface area contributed by atoms with Crippen molar-refractivity contribution in [3.8, 4) is 0 Å². The van der Waals surface area contributed by atoms with E-state index in [1.165, 1.54) is 43.5 Å². The first-order chi connectivity index (χ1) is 11.7. The van der Waals surface area contributed by atoms with Crippen LogP contribution < -0.4 is 10.6 Å². The first kappa shape index (κ1) is 20.5. The Hall–Kier alpha value is -0.820. The highest BCUT2D eigenvalue weighted by Gasteiger charge is 2.33. The average molecular weight is 456 g/mol. The second-order valence-corrected chi connectivity index (χ2v) is 7.62. The summed E-state index contributed by atoms with van der Waals surface area (Å²) in [7, 11) is 1.85. The van der Waals surface area contributed by atoms with E-state index in [4.69, 9.17) is 0 Å². The molecule has 1 aromatic rings. The molecule has 0 aromatic heterocycles. The Morgan fingerprint density at radius 1 is 1.16 bits per heavy atom. The van der Waals surface area contributed by atoms with Gasteiger partial charge in [-0.1, -0.05) is 38.1 Å². The van der Waals surface area contributed by atoms with Gasteiger partial charge < -0.3 is 10.6 Å². The monoisotopic (exact) mass is 456 g/mol. The first-order valence-corrected chi connectivity index (χ1v) is 9.42. The van der Waals surface area contributed by atoms with Gasteiger partial charge in [0.15, 0.2) is 5.96 Å². The van der Waals surface area contributed by atoms with Gasteiger partial charge in [0, 0.05) is 26.2 Å². The summed E-state index contributed by atoms with van der Waals surface area (Å²) in [4.78, 5) is 6.95. The normalized spacial score (nSPS) is 24.5. The van der Waals surface area contributed by atoms with Gasteiger partial charge in [0.2, 0.25) is 0 Å². The Morgan fingerprint density at radius 3 is 2.40 bits per heavy atom. The molecular formula is C20H33IN4. The molecule has 1 aliphatic heterocycles. The summed E-state index contributed by atoms with van der Waals surface area (Å²) in [6, 6.07) is 9.40. The summed E-state index contributed by atoms with van der Waals surface area (Å²) in [5.41, 5.74) is 2.82. The largest absolute Gasteiger partial charge is 0.353 e. The van der Waals surface area contributed by atoms with E-state index in [0.29, 0.717) is 6.04 Å². The van der Waals surface area contributed by atoms with E-state index in [2.05, 4.69) is 58.6 Å². The number of hydrogen-bond acceptors (Lipinski definition) is 2. The van der Waals surface area contributed by atoms with E-state index in [-0.39, 0.29) is 24.0 Å². The van der Waals surface area contributed by atoms with Crippen LogP contribution in [-0.2, 0) is 13.1 Å². The molecule has 0 bridgehead atoms. The second kappa shape index (κ2) is 9.76. The van der Waals surface area contributed by atoms with Crippen molar-refractivity contribution in [1.29, 1.82) is 0 Å². The molecule has 0 amide bonds. The highest BCUT2D eigenvalue weighted by molar-refractivity contribution is 14.0. The summed E-state index contributed by atoms with van der Waals surface area (Å²) in [5, 5.41) is 6.98. The Balaban J connectivity index is 0.00000225. The topological polar surface area (TPSA) is 39.7 Å². The van der Waals surface area contributed by atoms with E-state index in [1.807, 2.05) is 7.05 Å². The average Bonchev–Trinajstić information content (AvgIpc) is 3.29. The lowest BCUT2D eigenvalue weighted by Gasteiger charge is -2.30. The smallest absolute Gasteiger partial charge is 0.191 e. The van der Waals surface area contributed by atoms with Crippen LogP contribution in [0.2, 0.25) is 0 Å². The standard InChI is InChI=1S/C20H32N4.HI/c1-15-8-10-24(11-9-15)14-18-7-5-4-6-17(18)13-22-20(21-3)23-19-12-16(19)2;/h4-7,15-16,19H,8-14H2,1-3H3,(H2,21,22,23);1H. The molecule has 1 aliphatic carbocycles. The third-order valence-electron chi connectivity index (χ3n) is 5.49. The second-order valence-electron chi connectivity index (χ2n) is 7.62. The van der Waals surface area contributed by atoms with Gasteiger partial charge >= 0.3 is 0 Å². The number of nitrogens with zero attached hydrogens (tertiary/aromatic N) is 2. The van der Waals surface area contributed by atoms with Crippen LogP contribution in [0.3, 0.4) is 0 Å². The van der Waals surface area contributed by atoms with Crippen molar-refractivity contribution < 1.29 is 0 Å². The van der Waals surface area contributed by atoms with Gasteiger partial charge in [0.25, 0.3) is 0 Å². The van der Waals surface area contributed by atoms with Crippen LogP contribution in [0.1, 0.15) is 44.2 Å². The number of piperidine rings is 1. The van der Waals surface area contributed by atoms with Gasteiger partial charge in [-0.05, 0) is 55.3 Å². The number of halogens is 1. The maximum atomic E-state index is 4.36. The highest BCUT2D eigenvalue weighted by atomic mass is 127. The molecule has 1 saturated carbocycles. The van der Waals surface area contributed by atoms with Crippen LogP contribution >= 0.6 is 24.0 Å². The minimum absolute atomic E-state index is 0. The zero-order chi connectivity index (χ0) is 16.9. The molecule has 2 unspecified atom stereocenters. The van der Waals surface area contributed by atoms with E-state index >= 15 is 0 Å². The number of nitrogens with one attached hydrogen (secondary N) is 2. The van der Waals surface area contributed by atoms with Crippen molar-refractivity contribution in [1.82, 2.24) is 15.5 Å². The predicted octanol–water partition coefficient (Wildman–Crippen LogP) is 3.61. The van der Waals surface area contributed by atoms with Crippen LogP contribution in [0.4, 0.5) is 0 Å². The van der Waals surface area contributed by atoms with Crippen LogP contribution in [-0.4, -0.2) is 37.0 Å². The van der Waals surface area contributed by atoms with Crippen LogP contribution in [0.25, 0.3) is 0 Å². The first-order valence-electron chi connectivity index (χ1n) is 9.42.